The first-order chi connectivity index (χ1) is 14.6. The average Bonchev–Trinajstić information content (AvgIpc) is 2.79. The standard InChI is InChI=1S/C21H27ClN4O4/c1-25(21(27)26-7-9-29-10-8-26)14-3-5-15(6-4-14)30-19-11-16-17(12-18(19)28-2)23-13-24-20(16)22/h11-15H,3-10H2,1-2H3/t14-,15-. The van der Waals surface area contributed by atoms with E-state index in [4.69, 9.17) is 25.8 Å². The summed E-state index contributed by atoms with van der Waals surface area (Å²) in [6, 6.07) is 3.98. The maximum atomic E-state index is 12.7. The number of ether oxygens (including phenoxy) is 3. The Morgan fingerprint density at radius 1 is 1.17 bits per heavy atom. The number of urea groups is 1. The molecular weight excluding hydrogens is 408 g/mol. The molecule has 1 aromatic carbocycles. The molecule has 2 aromatic rings. The van der Waals surface area contributed by atoms with Gasteiger partial charge in [-0.05, 0) is 31.7 Å². The number of carbonyl (C=O) groups excluding carboxylic acids is 1. The van der Waals surface area contributed by atoms with Crippen LogP contribution in [-0.4, -0.2) is 78.4 Å². The van der Waals surface area contributed by atoms with Gasteiger partial charge in [0.2, 0.25) is 0 Å². The summed E-state index contributed by atoms with van der Waals surface area (Å²) in [6.07, 6.45) is 5.02. The van der Waals surface area contributed by atoms with Crippen molar-refractivity contribution in [2.75, 3.05) is 40.5 Å². The van der Waals surface area contributed by atoms with E-state index in [-0.39, 0.29) is 18.2 Å². The molecular formula is C21H27ClN4O4. The highest BCUT2D eigenvalue weighted by atomic mass is 35.5. The van der Waals surface area contributed by atoms with Crippen LogP contribution in [0.4, 0.5) is 4.79 Å². The van der Waals surface area contributed by atoms with Crippen molar-refractivity contribution in [1.29, 1.82) is 0 Å². The summed E-state index contributed by atoms with van der Waals surface area (Å²) in [5.41, 5.74) is 0.714. The predicted molar refractivity (Wildman–Crippen MR) is 113 cm³/mol. The van der Waals surface area contributed by atoms with Gasteiger partial charge in [0.15, 0.2) is 11.5 Å². The summed E-state index contributed by atoms with van der Waals surface area (Å²) in [6.45, 7) is 2.55. The monoisotopic (exact) mass is 434 g/mol. The second kappa shape index (κ2) is 9.22. The summed E-state index contributed by atoms with van der Waals surface area (Å²) >= 11 is 6.22. The van der Waals surface area contributed by atoms with Gasteiger partial charge in [-0.1, -0.05) is 11.6 Å². The molecule has 2 aliphatic rings. The van der Waals surface area contributed by atoms with E-state index in [0.29, 0.717) is 48.5 Å². The van der Waals surface area contributed by atoms with E-state index >= 15 is 0 Å². The van der Waals surface area contributed by atoms with Crippen LogP contribution in [0.25, 0.3) is 10.9 Å². The van der Waals surface area contributed by atoms with Crippen LogP contribution in [0.2, 0.25) is 5.15 Å². The minimum atomic E-state index is 0.0582. The molecule has 30 heavy (non-hydrogen) atoms. The van der Waals surface area contributed by atoms with E-state index < -0.39 is 0 Å². The minimum Gasteiger partial charge on any atom is -0.493 e. The van der Waals surface area contributed by atoms with E-state index in [1.54, 1.807) is 7.11 Å². The zero-order chi connectivity index (χ0) is 21.1. The van der Waals surface area contributed by atoms with Crippen LogP contribution in [0.15, 0.2) is 18.5 Å². The van der Waals surface area contributed by atoms with Crippen LogP contribution in [0, 0.1) is 0 Å². The summed E-state index contributed by atoms with van der Waals surface area (Å²) in [4.78, 5) is 24.8. The third kappa shape index (κ3) is 4.39. The van der Waals surface area contributed by atoms with E-state index in [9.17, 15) is 4.79 Å². The molecule has 0 N–H and O–H groups in total. The summed E-state index contributed by atoms with van der Waals surface area (Å²) in [5.74, 6) is 1.27. The van der Waals surface area contributed by atoms with E-state index in [0.717, 1.165) is 31.1 Å². The molecule has 2 fully saturated rings. The lowest BCUT2D eigenvalue weighted by molar-refractivity contribution is 0.0369. The first kappa shape index (κ1) is 20.9. The lowest BCUT2D eigenvalue weighted by atomic mass is 9.92. The molecule has 0 atom stereocenters. The number of carbonyl (C=O) groups is 1. The van der Waals surface area contributed by atoms with Gasteiger partial charge in [0.1, 0.15) is 11.5 Å². The van der Waals surface area contributed by atoms with Crippen LogP contribution >= 0.6 is 11.6 Å². The molecule has 162 valence electrons. The van der Waals surface area contributed by atoms with Gasteiger partial charge >= 0.3 is 6.03 Å². The van der Waals surface area contributed by atoms with Crippen molar-refractivity contribution in [3.63, 3.8) is 0 Å². The Labute approximate surface area is 181 Å². The fourth-order valence-corrected chi connectivity index (χ4v) is 4.34. The average molecular weight is 435 g/mol. The molecule has 1 saturated heterocycles. The van der Waals surface area contributed by atoms with Gasteiger partial charge in [-0.3, -0.25) is 0 Å². The Hall–Kier alpha value is -2.32. The van der Waals surface area contributed by atoms with Crippen molar-refractivity contribution in [2.24, 2.45) is 0 Å². The van der Waals surface area contributed by atoms with Crippen molar-refractivity contribution in [3.8, 4) is 11.5 Å². The Kier molecular flexibility index (Phi) is 6.43. The van der Waals surface area contributed by atoms with Crippen LogP contribution in [0.1, 0.15) is 25.7 Å². The smallest absolute Gasteiger partial charge is 0.320 e. The maximum absolute atomic E-state index is 12.7. The number of nitrogens with zero attached hydrogens (tertiary/aromatic N) is 4. The molecule has 2 amide bonds. The molecule has 1 saturated carbocycles. The van der Waals surface area contributed by atoms with Crippen molar-refractivity contribution >= 4 is 28.5 Å². The maximum Gasteiger partial charge on any atom is 0.320 e. The fourth-order valence-electron chi connectivity index (χ4n) is 4.15. The molecule has 1 aliphatic carbocycles. The van der Waals surface area contributed by atoms with Crippen LogP contribution in [-0.2, 0) is 4.74 Å². The number of benzene rings is 1. The first-order valence-electron chi connectivity index (χ1n) is 10.3. The number of fused-ring (bicyclic) bond motifs is 1. The second-order valence-corrected chi connectivity index (χ2v) is 8.08. The van der Waals surface area contributed by atoms with Gasteiger partial charge in [0.25, 0.3) is 0 Å². The normalized spacial score (nSPS) is 22.0. The van der Waals surface area contributed by atoms with Crippen LogP contribution in [0.5, 0.6) is 11.5 Å². The van der Waals surface area contributed by atoms with Crippen molar-refractivity contribution in [3.05, 3.63) is 23.6 Å². The number of amides is 2. The van der Waals surface area contributed by atoms with E-state index in [2.05, 4.69) is 9.97 Å². The summed E-state index contributed by atoms with van der Waals surface area (Å²) in [5, 5.41) is 1.12. The molecule has 2 heterocycles. The van der Waals surface area contributed by atoms with Crippen molar-refractivity contribution < 1.29 is 19.0 Å². The van der Waals surface area contributed by atoms with Crippen LogP contribution < -0.4 is 9.47 Å². The number of hydrogen-bond donors (Lipinski definition) is 0. The number of methoxy groups -OCH3 is 1. The number of rotatable bonds is 4. The third-order valence-corrected chi connectivity index (χ3v) is 6.24. The molecule has 1 aliphatic heterocycles. The van der Waals surface area contributed by atoms with Crippen LogP contribution in [0.3, 0.4) is 0 Å². The minimum absolute atomic E-state index is 0.0582. The molecule has 0 bridgehead atoms. The van der Waals surface area contributed by atoms with Crippen molar-refractivity contribution in [2.45, 2.75) is 37.8 Å². The Balaban J connectivity index is 1.39. The highest BCUT2D eigenvalue weighted by Gasteiger charge is 2.30. The highest BCUT2D eigenvalue weighted by molar-refractivity contribution is 6.34. The summed E-state index contributed by atoms with van der Waals surface area (Å²) in [7, 11) is 3.51. The molecule has 9 heteroatoms. The Morgan fingerprint density at radius 3 is 2.60 bits per heavy atom. The van der Waals surface area contributed by atoms with Gasteiger partial charge in [0.05, 0.1) is 31.9 Å². The quantitative estimate of drug-likeness (QED) is 0.686. The number of hydrogen-bond acceptors (Lipinski definition) is 6. The van der Waals surface area contributed by atoms with E-state index in [1.165, 1.54) is 6.33 Å². The van der Waals surface area contributed by atoms with Gasteiger partial charge in [0, 0.05) is 37.6 Å². The van der Waals surface area contributed by atoms with E-state index in [1.807, 2.05) is 29.0 Å². The first-order valence-corrected chi connectivity index (χ1v) is 10.7. The molecule has 8 nitrogen and oxygen atoms in total. The van der Waals surface area contributed by atoms with Gasteiger partial charge in [-0.15, -0.1) is 0 Å². The van der Waals surface area contributed by atoms with Gasteiger partial charge in [-0.25, -0.2) is 14.8 Å². The SMILES string of the molecule is COc1cc2ncnc(Cl)c2cc1O[C@H]1CC[C@H](N(C)C(=O)N2CCOCC2)CC1. The Bertz CT molecular complexity index is 898. The lowest BCUT2D eigenvalue weighted by Crippen LogP contribution is -2.51. The van der Waals surface area contributed by atoms with Crippen molar-refractivity contribution in [1.82, 2.24) is 19.8 Å². The predicted octanol–water partition coefficient (Wildman–Crippen LogP) is 3.37. The Morgan fingerprint density at radius 2 is 1.90 bits per heavy atom. The number of morpholine rings is 1. The zero-order valence-electron chi connectivity index (χ0n) is 17.3. The summed E-state index contributed by atoms with van der Waals surface area (Å²) < 4.78 is 17.1. The number of aromatic nitrogens is 2. The van der Waals surface area contributed by atoms with Gasteiger partial charge in [-0.2, -0.15) is 0 Å². The molecule has 4 rings (SSSR count). The fraction of sp³-hybridized carbons (Fsp3) is 0.571. The molecule has 0 spiro atoms. The van der Waals surface area contributed by atoms with Gasteiger partial charge < -0.3 is 24.0 Å². The number of halogens is 1. The highest BCUT2D eigenvalue weighted by Crippen LogP contribution is 2.36. The molecule has 0 radical (unpaired) electrons. The topological polar surface area (TPSA) is 77.0 Å². The molecule has 0 unspecified atom stereocenters. The molecule has 1 aromatic heterocycles. The second-order valence-electron chi connectivity index (χ2n) is 7.73. The zero-order valence-corrected chi connectivity index (χ0v) is 18.1. The lowest BCUT2D eigenvalue weighted by Gasteiger charge is -2.38. The third-order valence-electron chi connectivity index (χ3n) is 5.94. The largest absolute Gasteiger partial charge is 0.493 e.